The van der Waals surface area contributed by atoms with Crippen LogP contribution in [0, 0.1) is 5.82 Å². The second kappa shape index (κ2) is 9.83. The lowest BCUT2D eigenvalue weighted by atomic mass is 10.2. The Morgan fingerprint density at radius 1 is 0.966 bits per heavy atom. The number of hydrogen-bond donors (Lipinski definition) is 2. The predicted molar refractivity (Wildman–Crippen MR) is 117 cm³/mol. The van der Waals surface area contributed by atoms with E-state index in [1.165, 1.54) is 32.3 Å². The molecule has 2 aromatic rings. The lowest BCUT2D eigenvalue weighted by Crippen LogP contribution is -2.49. The van der Waals surface area contributed by atoms with Crippen LogP contribution in [0.15, 0.2) is 54.6 Å². The Kier molecular flexibility index (Phi) is 7.73. The zero-order valence-corrected chi connectivity index (χ0v) is 18.1. The molecule has 11 heteroatoms. The molecule has 0 atom stereocenters. The summed E-state index contributed by atoms with van der Waals surface area (Å²) < 4.78 is 38.4. The van der Waals surface area contributed by atoms with E-state index in [1.54, 1.807) is 30.3 Å². The van der Waals surface area contributed by atoms with E-state index in [-0.39, 0.29) is 15.5 Å². The van der Waals surface area contributed by atoms with Crippen molar-refractivity contribution in [1.29, 1.82) is 0 Å². The van der Waals surface area contributed by atoms with Gasteiger partial charge >= 0.3 is 0 Å². The van der Waals surface area contributed by atoms with Gasteiger partial charge in [-0.2, -0.15) is 0 Å². The standard InChI is InChI=1S/C18H19FN4O3S3/c1-22(18(28)14-10-6-7-11-15(14)19)20-16(24)12-29(25,26)21-23(2)17(27)13-8-4-3-5-9-13/h3-11,21H,12H2,1-2H3,(H,20,24). The first-order chi connectivity index (χ1) is 13.6. The largest absolute Gasteiger partial charge is 0.287 e. The van der Waals surface area contributed by atoms with Crippen molar-refractivity contribution in [3.63, 3.8) is 0 Å². The quantitative estimate of drug-likeness (QED) is 0.507. The van der Waals surface area contributed by atoms with Gasteiger partial charge in [0.25, 0.3) is 5.91 Å². The van der Waals surface area contributed by atoms with Gasteiger partial charge in [0.15, 0.2) is 0 Å². The highest BCUT2D eigenvalue weighted by molar-refractivity contribution is 7.90. The molecule has 0 saturated carbocycles. The summed E-state index contributed by atoms with van der Waals surface area (Å²) in [6, 6.07) is 14.6. The van der Waals surface area contributed by atoms with E-state index in [9.17, 15) is 17.6 Å². The van der Waals surface area contributed by atoms with Crippen molar-refractivity contribution in [2.75, 3.05) is 19.8 Å². The first-order valence-corrected chi connectivity index (χ1v) is 10.7. The Morgan fingerprint density at radius 3 is 2.17 bits per heavy atom. The predicted octanol–water partition coefficient (Wildman–Crippen LogP) is 1.61. The highest BCUT2D eigenvalue weighted by atomic mass is 32.2. The molecule has 0 aromatic heterocycles. The van der Waals surface area contributed by atoms with E-state index in [2.05, 4.69) is 10.3 Å². The van der Waals surface area contributed by atoms with Gasteiger partial charge in [-0.3, -0.25) is 20.2 Å². The molecule has 0 aliphatic carbocycles. The van der Waals surface area contributed by atoms with Gasteiger partial charge in [0.05, 0.1) is 0 Å². The molecule has 0 spiro atoms. The zero-order chi connectivity index (χ0) is 21.6. The Balaban J connectivity index is 1.95. The molecule has 0 bridgehead atoms. The van der Waals surface area contributed by atoms with Crippen LogP contribution in [0.25, 0.3) is 0 Å². The molecule has 0 aliphatic rings. The molecule has 0 unspecified atom stereocenters. The highest BCUT2D eigenvalue weighted by Crippen LogP contribution is 2.09. The van der Waals surface area contributed by atoms with Crippen LogP contribution in [0.1, 0.15) is 11.1 Å². The van der Waals surface area contributed by atoms with Gasteiger partial charge in [-0.1, -0.05) is 66.9 Å². The van der Waals surface area contributed by atoms with E-state index in [0.717, 1.165) is 10.0 Å². The maximum absolute atomic E-state index is 13.8. The number of benzene rings is 2. The van der Waals surface area contributed by atoms with Crippen molar-refractivity contribution < 1.29 is 17.6 Å². The smallest absolute Gasteiger partial charge is 0.255 e. The van der Waals surface area contributed by atoms with Gasteiger partial charge in [0.1, 0.15) is 21.5 Å². The van der Waals surface area contributed by atoms with Crippen LogP contribution in [0.4, 0.5) is 4.39 Å². The third-order valence-corrected chi connectivity index (χ3v) is 5.82. The first-order valence-electron chi connectivity index (χ1n) is 8.26. The van der Waals surface area contributed by atoms with E-state index in [0.29, 0.717) is 5.56 Å². The Bertz CT molecular complexity index is 1020. The number of nitrogens with one attached hydrogen (secondary N) is 2. The van der Waals surface area contributed by atoms with Crippen molar-refractivity contribution in [2.24, 2.45) is 0 Å². The normalized spacial score (nSPS) is 10.9. The number of sulfonamides is 1. The van der Waals surface area contributed by atoms with Crippen molar-refractivity contribution in [2.45, 2.75) is 0 Å². The zero-order valence-electron chi connectivity index (χ0n) is 15.6. The van der Waals surface area contributed by atoms with Crippen LogP contribution in [-0.4, -0.2) is 54.2 Å². The summed E-state index contributed by atoms with van der Waals surface area (Å²) in [7, 11) is -1.22. The lowest BCUT2D eigenvalue weighted by molar-refractivity contribution is -0.121. The SMILES string of the molecule is CN(NS(=O)(=O)CC(=O)NN(C)C(=S)c1ccccc1F)C(=S)c1ccccc1. The Labute approximate surface area is 179 Å². The minimum Gasteiger partial charge on any atom is -0.287 e. The van der Waals surface area contributed by atoms with Crippen LogP contribution in [0.3, 0.4) is 0 Å². The Morgan fingerprint density at radius 2 is 1.55 bits per heavy atom. The van der Waals surface area contributed by atoms with Crippen molar-refractivity contribution in [3.05, 3.63) is 71.5 Å². The second-order valence-corrected chi connectivity index (χ2v) is 8.43. The van der Waals surface area contributed by atoms with Crippen LogP contribution in [0.5, 0.6) is 0 Å². The molecular weight excluding hydrogens is 435 g/mol. The molecule has 0 heterocycles. The molecule has 2 rings (SSSR count). The van der Waals surface area contributed by atoms with Gasteiger partial charge in [-0.15, -0.1) is 4.83 Å². The van der Waals surface area contributed by atoms with E-state index in [4.69, 9.17) is 24.4 Å². The summed E-state index contributed by atoms with van der Waals surface area (Å²) in [5, 5.41) is 2.23. The molecule has 7 nitrogen and oxygen atoms in total. The monoisotopic (exact) mass is 454 g/mol. The molecule has 0 radical (unpaired) electrons. The van der Waals surface area contributed by atoms with Crippen LogP contribution < -0.4 is 10.3 Å². The van der Waals surface area contributed by atoms with Crippen molar-refractivity contribution in [1.82, 2.24) is 20.3 Å². The first kappa shape index (κ1) is 22.8. The average Bonchev–Trinajstić information content (AvgIpc) is 2.66. The maximum Gasteiger partial charge on any atom is 0.255 e. The fourth-order valence-corrected chi connectivity index (χ4v) is 3.75. The van der Waals surface area contributed by atoms with Crippen molar-refractivity contribution in [3.8, 4) is 0 Å². The van der Waals surface area contributed by atoms with Crippen LogP contribution >= 0.6 is 24.4 Å². The molecule has 2 N–H and O–H groups in total. The number of hydrazine groups is 2. The van der Waals surface area contributed by atoms with Gasteiger partial charge in [0, 0.05) is 25.2 Å². The molecule has 0 aliphatic heterocycles. The number of nitrogens with zero attached hydrogens (tertiary/aromatic N) is 2. The van der Waals surface area contributed by atoms with Gasteiger partial charge < -0.3 is 0 Å². The topological polar surface area (TPSA) is 81.8 Å². The van der Waals surface area contributed by atoms with Gasteiger partial charge in [-0.05, 0) is 12.1 Å². The summed E-state index contributed by atoms with van der Waals surface area (Å²) in [4.78, 5) is 14.6. The van der Waals surface area contributed by atoms with Gasteiger partial charge in [-0.25, -0.2) is 12.8 Å². The molecule has 29 heavy (non-hydrogen) atoms. The fourth-order valence-electron chi connectivity index (χ4n) is 2.31. The molecular formula is C18H19FN4O3S3. The summed E-state index contributed by atoms with van der Waals surface area (Å²) in [5.74, 6) is -2.28. The van der Waals surface area contributed by atoms with Crippen LogP contribution in [0.2, 0.25) is 0 Å². The van der Waals surface area contributed by atoms with Gasteiger partial charge in [0.2, 0.25) is 10.0 Å². The number of rotatable bonds is 6. The summed E-state index contributed by atoms with van der Waals surface area (Å²) >= 11 is 10.4. The fraction of sp³-hybridized carbons (Fsp3) is 0.167. The lowest BCUT2D eigenvalue weighted by Gasteiger charge is -2.23. The Hall–Kier alpha value is -2.47. The minimum atomic E-state index is -4.04. The molecule has 0 fully saturated rings. The third kappa shape index (κ3) is 6.53. The number of carbonyl (C=O) groups is 1. The third-order valence-electron chi connectivity index (χ3n) is 3.62. The number of carbonyl (C=O) groups excluding carboxylic acids is 1. The summed E-state index contributed by atoms with van der Waals surface area (Å²) in [6.45, 7) is 0. The van der Waals surface area contributed by atoms with E-state index in [1.807, 2.05) is 6.07 Å². The van der Waals surface area contributed by atoms with Crippen LogP contribution in [-0.2, 0) is 14.8 Å². The number of halogens is 1. The minimum absolute atomic E-state index is 0.00387. The highest BCUT2D eigenvalue weighted by Gasteiger charge is 2.22. The van der Waals surface area contributed by atoms with E-state index < -0.39 is 27.5 Å². The maximum atomic E-state index is 13.8. The second-order valence-electron chi connectivity index (χ2n) is 5.96. The molecule has 0 saturated heterocycles. The summed E-state index contributed by atoms with van der Waals surface area (Å²) in [6.07, 6.45) is 0. The molecule has 154 valence electrons. The molecule has 2 aromatic carbocycles. The molecule has 1 amide bonds. The summed E-state index contributed by atoms with van der Waals surface area (Å²) in [5.41, 5.74) is 3.07. The average molecular weight is 455 g/mol. The number of amides is 1. The number of hydrogen-bond acceptors (Lipinski definition) is 5. The van der Waals surface area contributed by atoms with E-state index >= 15 is 0 Å². The number of thiocarbonyl (C=S) groups is 2. The van der Waals surface area contributed by atoms with Crippen molar-refractivity contribution >= 4 is 50.3 Å².